The fraction of sp³-hybridized carbons (Fsp3) is 0.789. The van der Waals surface area contributed by atoms with E-state index < -0.39 is 0 Å². The molecule has 1 aromatic carbocycles. The second-order valence-electron chi connectivity index (χ2n) is 7.32. The molecule has 5 nitrogen and oxygen atoms in total. The van der Waals surface area contributed by atoms with Gasteiger partial charge in [0.05, 0.1) is 0 Å². The second-order valence-corrected chi connectivity index (χ2v) is 7.32. The van der Waals surface area contributed by atoms with Crippen molar-refractivity contribution in [2.24, 2.45) is 5.92 Å². The minimum absolute atomic E-state index is 0.373. The van der Waals surface area contributed by atoms with E-state index in [9.17, 15) is 9.59 Å². The van der Waals surface area contributed by atoms with Crippen molar-refractivity contribution in [2.75, 3.05) is 30.3 Å². The van der Waals surface area contributed by atoms with Crippen molar-refractivity contribution in [3.8, 4) is 0 Å². The molecule has 1 aromatic rings. The summed E-state index contributed by atoms with van der Waals surface area (Å²) in [5.41, 5.74) is 0.236. The Morgan fingerprint density at radius 1 is 0.708 bits per heavy atom. The predicted octanol–water partition coefficient (Wildman–Crippen LogP) is 3.10. The number of anilines is 2. The van der Waals surface area contributed by atoms with Crippen molar-refractivity contribution < 1.29 is 0 Å². The van der Waals surface area contributed by atoms with Crippen molar-refractivity contribution in [3.05, 3.63) is 20.4 Å². The van der Waals surface area contributed by atoms with Crippen LogP contribution in [0.2, 0.25) is 0 Å². The van der Waals surface area contributed by atoms with Gasteiger partial charge in [-0.15, -0.1) is 0 Å². The minimum Gasteiger partial charge on any atom is -0.380 e. The largest absolute Gasteiger partial charge is 0.380 e. The van der Waals surface area contributed by atoms with Gasteiger partial charge in [0.2, 0.25) is 0 Å². The quantitative estimate of drug-likeness (QED) is 0.359. The number of hydrogen-bond acceptors (Lipinski definition) is 5. The predicted molar refractivity (Wildman–Crippen MR) is 104 cm³/mol. The maximum Gasteiger partial charge on any atom is 0.253 e. The lowest BCUT2D eigenvalue weighted by Gasteiger charge is -2.15. The molecule has 0 radical (unpaired) electrons. The van der Waals surface area contributed by atoms with Gasteiger partial charge in [-0.25, -0.2) is 0 Å². The lowest BCUT2D eigenvalue weighted by atomic mass is 10.1. The highest BCUT2D eigenvalue weighted by atomic mass is 16.2. The lowest BCUT2D eigenvalue weighted by Crippen LogP contribution is -2.37. The van der Waals surface area contributed by atoms with Crippen molar-refractivity contribution in [3.63, 3.8) is 0 Å². The molecule has 0 spiro atoms. The topological polar surface area (TPSA) is 70.2 Å². The number of hydrogen-bond donors (Lipinski definition) is 3. The molecule has 0 aliphatic carbocycles. The first-order valence-corrected chi connectivity index (χ1v) is 9.48. The highest BCUT2D eigenvalue weighted by Gasteiger charge is 2.19. The van der Waals surface area contributed by atoms with Crippen molar-refractivity contribution in [1.29, 1.82) is 0 Å². The average molecular weight is 338 g/mol. The first kappa shape index (κ1) is 20.7. The molecular weight excluding hydrogens is 302 g/mol. The Morgan fingerprint density at radius 2 is 1.21 bits per heavy atom. The fourth-order valence-electron chi connectivity index (χ4n) is 2.66. The zero-order valence-corrected chi connectivity index (χ0v) is 15.8. The van der Waals surface area contributed by atoms with Crippen LogP contribution < -0.4 is 26.8 Å². The summed E-state index contributed by atoms with van der Waals surface area (Å²) >= 11 is 0. The molecule has 24 heavy (non-hydrogen) atoms. The molecule has 1 rings (SSSR count). The van der Waals surface area contributed by atoms with Gasteiger partial charge in [0.1, 0.15) is 11.4 Å². The maximum atomic E-state index is 11.7. The van der Waals surface area contributed by atoms with E-state index in [1.165, 1.54) is 12.8 Å². The molecule has 0 saturated carbocycles. The smallest absolute Gasteiger partial charge is 0.253 e. The third-order valence-electron chi connectivity index (χ3n) is 4.13. The van der Waals surface area contributed by atoms with E-state index in [1.54, 1.807) is 0 Å². The van der Waals surface area contributed by atoms with E-state index in [1.807, 2.05) is 0 Å². The molecule has 3 N–H and O–H groups in total. The van der Waals surface area contributed by atoms with Gasteiger partial charge in [-0.2, -0.15) is 0 Å². The SMILES string of the molecule is CC(C)CCCNc1c(NCCCCCCNC(C)C)c(=O)c1=O. The highest BCUT2D eigenvalue weighted by molar-refractivity contribution is 5.73. The normalized spacial score (nSPS) is 11.6. The summed E-state index contributed by atoms with van der Waals surface area (Å²) in [4.78, 5) is 23.3. The van der Waals surface area contributed by atoms with Crippen molar-refractivity contribution >= 4 is 11.4 Å². The van der Waals surface area contributed by atoms with Crippen LogP contribution in [-0.4, -0.2) is 25.7 Å². The molecule has 0 fully saturated rings. The summed E-state index contributed by atoms with van der Waals surface area (Å²) in [6.07, 6.45) is 6.67. The minimum atomic E-state index is -0.373. The van der Waals surface area contributed by atoms with Crippen LogP contribution in [0.3, 0.4) is 0 Å². The Hall–Kier alpha value is -1.36. The molecule has 0 aliphatic rings. The van der Waals surface area contributed by atoms with Gasteiger partial charge in [0.25, 0.3) is 10.9 Å². The summed E-state index contributed by atoms with van der Waals surface area (Å²) in [5.74, 6) is 0.660. The second kappa shape index (κ2) is 11.2. The zero-order valence-electron chi connectivity index (χ0n) is 15.8. The fourth-order valence-corrected chi connectivity index (χ4v) is 2.66. The Labute approximate surface area is 146 Å². The summed E-state index contributed by atoms with van der Waals surface area (Å²) < 4.78 is 0. The van der Waals surface area contributed by atoms with Crippen molar-refractivity contribution in [2.45, 2.75) is 72.3 Å². The Bertz CT molecular complexity index is 531. The molecule has 0 aromatic heterocycles. The molecule has 0 unspecified atom stereocenters. The summed E-state index contributed by atoms with van der Waals surface area (Å²) in [5, 5.41) is 9.67. The number of nitrogens with one attached hydrogen (secondary N) is 3. The summed E-state index contributed by atoms with van der Waals surface area (Å²) in [7, 11) is 0. The summed E-state index contributed by atoms with van der Waals surface area (Å²) in [6, 6.07) is 0.548. The van der Waals surface area contributed by atoms with Crippen LogP contribution >= 0.6 is 0 Å². The van der Waals surface area contributed by atoms with Gasteiger partial charge in [0.15, 0.2) is 0 Å². The van der Waals surface area contributed by atoms with Crippen LogP contribution in [0, 0.1) is 5.92 Å². The third kappa shape index (κ3) is 7.47. The number of unbranched alkanes of at least 4 members (excludes halogenated alkanes) is 3. The van der Waals surface area contributed by atoms with Crippen LogP contribution in [0.1, 0.15) is 66.2 Å². The van der Waals surface area contributed by atoms with Crippen LogP contribution in [0.15, 0.2) is 9.59 Å². The molecule has 0 bridgehead atoms. The lowest BCUT2D eigenvalue weighted by molar-refractivity contribution is 0.544. The molecule has 0 aliphatic heterocycles. The molecule has 0 atom stereocenters. The Morgan fingerprint density at radius 3 is 1.71 bits per heavy atom. The third-order valence-corrected chi connectivity index (χ3v) is 4.13. The van der Waals surface area contributed by atoms with Crippen molar-refractivity contribution in [1.82, 2.24) is 5.32 Å². The molecule has 138 valence electrons. The van der Waals surface area contributed by atoms with E-state index in [0.29, 0.717) is 23.3 Å². The molecule has 0 saturated heterocycles. The standard InChI is InChI=1S/C19H35N3O2/c1-14(2)10-9-13-22-17-16(18(23)19(17)24)21-12-8-6-5-7-11-20-15(3)4/h14-15,20-22H,5-13H2,1-4H3. The first-order chi connectivity index (χ1) is 11.4. The van der Waals surface area contributed by atoms with Crippen LogP contribution in [0.25, 0.3) is 0 Å². The first-order valence-electron chi connectivity index (χ1n) is 9.48. The van der Waals surface area contributed by atoms with Gasteiger partial charge >= 0.3 is 0 Å². The van der Waals surface area contributed by atoms with Crippen LogP contribution in [-0.2, 0) is 0 Å². The van der Waals surface area contributed by atoms with E-state index in [4.69, 9.17) is 0 Å². The van der Waals surface area contributed by atoms with Crippen LogP contribution in [0.4, 0.5) is 11.4 Å². The molecule has 0 heterocycles. The Balaban J connectivity index is 2.18. The van der Waals surface area contributed by atoms with Gasteiger partial charge < -0.3 is 16.0 Å². The van der Waals surface area contributed by atoms with Gasteiger partial charge in [-0.3, -0.25) is 9.59 Å². The van der Waals surface area contributed by atoms with E-state index >= 15 is 0 Å². The molecule has 0 amide bonds. The van der Waals surface area contributed by atoms with Crippen LogP contribution in [0.5, 0.6) is 0 Å². The van der Waals surface area contributed by atoms with E-state index in [2.05, 4.69) is 43.6 Å². The van der Waals surface area contributed by atoms with Gasteiger partial charge in [-0.05, 0) is 38.1 Å². The van der Waals surface area contributed by atoms with E-state index in [0.717, 1.165) is 45.3 Å². The zero-order chi connectivity index (χ0) is 17.9. The highest BCUT2D eigenvalue weighted by Crippen LogP contribution is 2.15. The average Bonchev–Trinajstić information content (AvgIpc) is 2.53. The summed E-state index contributed by atoms with van der Waals surface area (Å²) in [6.45, 7) is 11.2. The molecule has 5 heteroatoms. The maximum absolute atomic E-state index is 11.7. The Kier molecular flexibility index (Phi) is 9.69. The van der Waals surface area contributed by atoms with Gasteiger partial charge in [0, 0.05) is 19.1 Å². The van der Waals surface area contributed by atoms with E-state index in [-0.39, 0.29) is 10.9 Å². The number of rotatable bonds is 14. The molecular formula is C19H35N3O2. The van der Waals surface area contributed by atoms with Gasteiger partial charge in [-0.1, -0.05) is 40.5 Å². The monoisotopic (exact) mass is 337 g/mol.